The topological polar surface area (TPSA) is 128 Å². The minimum Gasteiger partial charge on any atom is -0.497 e. The fourth-order valence-corrected chi connectivity index (χ4v) is 5.57. The number of carbonyl (C=O) groups excluding carboxylic acids is 3. The molecule has 0 unspecified atom stereocenters. The van der Waals surface area contributed by atoms with Crippen molar-refractivity contribution in [2.75, 3.05) is 37.6 Å². The molecule has 1 N–H and O–H groups in total. The van der Waals surface area contributed by atoms with E-state index in [4.69, 9.17) is 14.2 Å². The van der Waals surface area contributed by atoms with E-state index in [1.165, 1.54) is 56.7 Å². The lowest BCUT2D eigenvalue weighted by atomic mass is 10.1. The third-order valence-corrected chi connectivity index (χ3v) is 7.55. The Labute approximate surface area is 213 Å². The van der Waals surface area contributed by atoms with Crippen molar-refractivity contribution in [1.29, 1.82) is 0 Å². The van der Waals surface area contributed by atoms with Crippen LogP contribution in [0.15, 0.2) is 70.5 Å². The van der Waals surface area contributed by atoms with Gasteiger partial charge in [-0.25, -0.2) is 13.2 Å². The molecule has 3 aromatic carbocycles. The summed E-state index contributed by atoms with van der Waals surface area (Å²) in [5.74, 6) is -1.19. The van der Waals surface area contributed by atoms with Crippen molar-refractivity contribution in [1.82, 2.24) is 0 Å². The molecule has 4 rings (SSSR count). The summed E-state index contributed by atoms with van der Waals surface area (Å²) in [5.41, 5.74) is 0.163. The number of carbonyl (C=O) groups is 3. The van der Waals surface area contributed by atoms with E-state index in [2.05, 4.69) is 5.32 Å². The van der Waals surface area contributed by atoms with Crippen molar-refractivity contribution >= 4 is 39.0 Å². The first-order valence-corrected chi connectivity index (χ1v) is 12.7. The van der Waals surface area contributed by atoms with Crippen LogP contribution < -0.4 is 19.7 Å². The maximum atomic E-state index is 13.6. The minimum atomic E-state index is -4.15. The van der Waals surface area contributed by atoms with Gasteiger partial charge in [0.1, 0.15) is 18.0 Å². The number of methoxy groups -OCH3 is 2. The maximum absolute atomic E-state index is 13.6. The van der Waals surface area contributed by atoms with Crippen LogP contribution in [0.1, 0.15) is 27.6 Å². The van der Waals surface area contributed by atoms with Gasteiger partial charge in [-0.3, -0.25) is 14.5 Å². The average Bonchev–Trinajstić information content (AvgIpc) is 2.97. The van der Waals surface area contributed by atoms with E-state index in [1.54, 1.807) is 25.1 Å². The molecule has 192 valence electrons. The van der Waals surface area contributed by atoms with E-state index in [1.807, 2.05) is 0 Å². The highest BCUT2D eigenvalue weighted by Crippen LogP contribution is 2.38. The Morgan fingerprint density at radius 2 is 1.70 bits per heavy atom. The number of sulfone groups is 1. The second kappa shape index (κ2) is 10.3. The van der Waals surface area contributed by atoms with Crippen molar-refractivity contribution in [3.8, 4) is 11.5 Å². The predicted molar refractivity (Wildman–Crippen MR) is 134 cm³/mol. The average molecular weight is 525 g/mol. The van der Waals surface area contributed by atoms with Crippen molar-refractivity contribution in [3.63, 3.8) is 0 Å². The van der Waals surface area contributed by atoms with Crippen LogP contribution in [0.2, 0.25) is 0 Å². The first kappa shape index (κ1) is 25.7. The number of anilines is 2. The molecule has 0 spiro atoms. The van der Waals surface area contributed by atoms with Crippen molar-refractivity contribution in [2.45, 2.75) is 16.7 Å². The summed E-state index contributed by atoms with van der Waals surface area (Å²) >= 11 is 0. The van der Waals surface area contributed by atoms with Gasteiger partial charge in [0, 0.05) is 6.07 Å². The molecule has 10 nitrogen and oxygen atoms in total. The molecule has 2 amide bonds. The Hall–Kier alpha value is -4.38. The predicted octanol–water partition coefficient (Wildman–Crippen LogP) is 3.31. The van der Waals surface area contributed by atoms with E-state index in [9.17, 15) is 22.8 Å². The number of ether oxygens (including phenoxy) is 3. The number of amides is 2. The van der Waals surface area contributed by atoms with Gasteiger partial charge in [0.05, 0.1) is 53.1 Å². The lowest BCUT2D eigenvalue weighted by molar-refractivity contribution is -0.114. The van der Waals surface area contributed by atoms with Gasteiger partial charge in [-0.05, 0) is 49.4 Å². The Balaban J connectivity index is 1.79. The van der Waals surface area contributed by atoms with E-state index in [-0.39, 0.29) is 33.2 Å². The zero-order valence-corrected chi connectivity index (χ0v) is 21.1. The molecule has 11 heteroatoms. The molecular formula is C26H24N2O8S. The zero-order valence-electron chi connectivity index (χ0n) is 20.3. The molecule has 1 aliphatic heterocycles. The quantitative estimate of drug-likeness (QED) is 0.466. The second-order valence-electron chi connectivity index (χ2n) is 7.91. The van der Waals surface area contributed by atoms with E-state index in [0.29, 0.717) is 17.2 Å². The van der Waals surface area contributed by atoms with Gasteiger partial charge in [0.15, 0.2) is 0 Å². The highest BCUT2D eigenvalue weighted by atomic mass is 32.2. The molecular weight excluding hydrogens is 500 g/mol. The first-order valence-electron chi connectivity index (χ1n) is 11.2. The number of fused-ring (bicyclic) bond motifs is 2. The Bertz CT molecular complexity index is 1500. The van der Waals surface area contributed by atoms with Crippen LogP contribution >= 0.6 is 0 Å². The number of nitrogens with zero attached hydrogens (tertiary/aromatic N) is 1. The van der Waals surface area contributed by atoms with E-state index >= 15 is 0 Å². The van der Waals surface area contributed by atoms with Gasteiger partial charge in [-0.15, -0.1) is 0 Å². The van der Waals surface area contributed by atoms with Crippen LogP contribution in [-0.2, 0) is 19.4 Å². The number of benzene rings is 3. The Morgan fingerprint density at radius 3 is 2.41 bits per heavy atom. The molecule has 0 aromatic heterocycles. The number of esters is 1. The van der Waals surface area contributed by atoms with Crippen LogP contribution in [0, 0.1) is 0 Å². The van der Waals surface area contributed by atoms with Gasteiger partial charge >= 0.3 is 5.97 Å². The van der Waals surface area contributed by atoms with Gasteiger partial charge in [-0.1, -0.05) is 12.1 Å². The molecule has 0 atom stereocenters. The molecule has 0 saturated heterocycles. The number of nitrogens with one attached hydrogen (secondary N) is 1. The first-order chi connectivity index (χ1) is 17.7. The van der Waals surface area contributed by atoms with Crippen LogP contribution in [-0.4, -0.2) is 53.6 Å². The van der Waals surface area contributed by atoms with Crippen molar-refractivity contribution < 1.29 is 37.0 Å². The van der Waals surface area contributed by atoms with Gasteiger partial charge in [-0.2, -0.15) is 0 Å². The highest BCUT2D eigenvalue weighted by Gasteiger charge is 2.37. The van der Waals surface area contributed by atoms with Crippen LogP contribution in [0.3, 0.4) is 0 Å². The highest BCUT2D eigenvalue weighted by molar-refractivity contribution is 7.91. The Morgan fingerprint density at radius 1 is 0.946 bits per heavy atom. The molecule has 37 heavy (non-hydrogen) atoms. The van der Waals surface area contributed by atoms with Gasteiger partial charge < -0.3 is 19.5 Å². The third-order valence-electron chi connectivity index (χ3n) is 5.69. The molecule has 1 heterocycles. The van der Waals surface area contributed by atoms with Crippen LogP contribution in [0.25, 0.3) is 0 Å². The molecule has 1 aliphatic rings. The summed E-state index contributed by atoms with van der Waals surface area (Å²) < 4.78 is 42.5. The molecule has 0 fully saturated rings. The summed E-state index contributed by atoms with van der Waals surface area (Å²) in [6, 6.07) is 14.3. The smallest absolute Gasteiger partial charge is 0.338 e. The fourth-order valence-electron chi connectivity index (χ4n) is 3.94. The zero-order chi connectivity index (χ0) is 26.7. The minimum absolute atomic E-state index is 0.0387. The largest absolute Gasteiger partial charge is 0.497 e. The fraction of sp³-hybridized carbons (Fsp3) is 0.192. The third kappa shape index (κ3) is 4.85. The van der Waals surface area contributed by atoms with Gasteiger partial charge in [0.25, 0.3) is 5.91 Å². The van der Waals surface area contributed by atoms with E-state index < -0.39 is 34.2 Å². The molecule has 0 saturated carbocycles. The lowest BCUT2D eigenvalue weighted by Gasteiger charge is -2.23. The summed E-state index contributed by atoms with van der Waals surface area (Å²) in [6.07, 6.45) is 0. The number of hydrogen-bond donors (Lipinski definition) is 1. The number of rotatable bonds is 7. The summed E-state index contributed by atoms with van der Waals surface area (Å²) in [5, 5.41) is 2.68. The molecule has 0 aliphatic carbocycles. The SMILES string of the molecule is CCOC(=O)c1ccc2c(c1)N(CC(=O)Nc1ccc(OC)cc1OC)C(=O)c1ccccc1S2(=O)=O. The summed E-state index contributed by atoms with van der Waals surface area (Å²) in [6.45, 7) is 1.20. The maximum Gasteiger partial charge on any atom is 0.338 e. The van der Waals surface area contributed by atoms with Crippen molar-refractivity contribution in [3.05, 3.63) is 71.8 Å². The van der Waals surface area contributed by atoms with Crippen molar-refractivity contribution in [2.24, 2.45) is 0 Å². The van der Waals surface area contributed by atoms with Crippen LogP contribution in [0.5, 0.6) is 11.5 Å². The van der Waals surface area contributed by atoms with E-state index in [0.717, 1.165) is 4.90 Å². The standard InChI is InChI=1S/C26H24N2O8S/c1-4-36-26(31)16-9-12-23-20(13-16)28(25(30)18-7-5-6-8-22(18)37(23,32)33)15-24(29)27-19-11-10-17(34-2)14-21(19)35-3/h5-14H,4,15H2,1-3H3,(H,27,29). The second-order valence-corrected chi connectivity index (χ2v) is 9.79. The Kier molecular flexibility index (Phi) is 7.16. The van der Waals surface area contributed by atoms with Crippen LogP contribution in [0.4, 0.5) is 11.4 Å². The summed E-state index contributed by atoms with van der Waals surface area (Å²) in [7, 11) is -1.23. The molecule has 3 aromatic rings. The number of hydrogen-bond acceptors (Lipinski definition) is 8. The molecule has 0 radical (unpaired) electrons. The normalized spacial score (nSPS) is 13.6. The monoisotopic (exact) mass is 524 g/mol. The lowest BCUT2D eigenvalue weighted by Crippen LogP contribution is -2.38. The van der Waals surface area contributed by atoms with Gasteiger partial charge in [0.2, 0.25) is 15.7 Å². The molecule has 0 bridgehead atoms. The summed E-state index contributed by atoms with van der Waals surface area (Å²) in [4.78, 5) is 39.8.